The number of nitrogens with zero attached hydrogens (tertiary/aromatic N) is 5. The lowest BCUT2D eigenvalue weighted by molar-refractivity contribution is 0.416. The van der Waals surface area contributed by atoms with E-state index >= 15 is 0 Å². The lowest BCUT2D eigenvalue weighted by Crippen LogP contribution is -2.29. The third-order valence-electron chi connectivity index (χ3n) is 3.53. The summed E-state index contributed by atoms with van der Waals surface area (Å²) in [6, 6.07) is 3.89. The number of likely N-dealkylation sites (N-methyl/N-ethyl adjacent to an activating group) is 2. The van der Waals surface area contributed by atoms with E-state index in [-0.39, 0.29) is 0 Å². The molecule has 0 radical (unpaired) electrons. The summed E-state index contributed by atoms with van der Waals surface area (Å²) in [5, 5.41) is 0. The molecule has 0 saturated heterocycles. The first-order valence-electron chi connectivity index (χ1n) is 7.10. The predicted molar refractivity (Wildman–Crippen MR) is 86.6 cm³/mol. The zero-order valence-corrected chi connectivity index (χ0v) is 13.5. The molecule has 0 bridgehead atoms. The Morgan fingerprint density at radius 2 is 1.81 bits per heavy atom. The summed E-state index contributed by atoms with van der Waals surface area (Å²) in [6.45, 7) is 6.02. The normalized spacial score (nSPS) is 11.0. The Morgan fingerprint density at radius 3 is 2.43 bits per heavy atom. The first-order chi connectivity index (χ1) is 9.99. The molecule has 112 valence electrons. The quantitative estimate of drug-likeness (QED) is 0.842. The summed E-state index contributed by atoms with van der Waals surface area (Å²) < 4.78 is 0. The Bertz CT molecular complexity index is 595. The highest BCUT2D eigenvalue weighted by Gasteiger charge is 2.13. The number of anilines is 1. The van der Waals surface area contributed by atoms with E-state index in [0.29, 0.717) is 0 Å². The highest BCUT2D eigenvalue weighted by Crippen LogP contribution is 2.23. The van der Waals surface area contributed by atoms with Crippen LogP contribution in [0.25, 0.3) is 11.4 Å². The number of aromatic nitrogens is 3. The van der Waals surface area contributed by atoms with Crippen molar-refractivity contribution in [2.45, 2.75) is 13.8 Å². The van der Waals surface area contributed by atoms with E-state index in [1.54, 1.807) is 12.4 Å². The Kier molecular flexibility index (Phi) is 4.85. The Balaban J connectivity index is 2.35. The van der Waals surface area contributed by atoms with E-state index in [0.717, 1.165) is 41.6 Å². The second kappa shape index (κ2) is 6.63. The fourth-order valence-corrected chi connectivity index (χ4v) is 2.07. The summed E-state index contributed by atoms with van der Waals surface area (Å²) in [5.41, 5.74) is 3.09. The maximum atomic E-state index is 4.74. The third kappa shape index (κ3) is 3.76. The molecular formula is C16H23N5. The molecule has 0 amide bonds. The van der Waals surface area contributed by atoms with Crippen molar-refractivity contribution < 1.29 is 0 Å². The van der Waals surface area contributed by atoms with Gasteiger partial charge in [-0.2, -0.15) is 0 Å². The molecule has 0 aliphatic rings. The third-order valence-corrected chi connectivity index (χ3v) is 3.53. The summed E-state index contributed by atoms with van der Waals surface area (Å²) in [7, 11) is 6.23. The van der Waals surface area contributed by atoms with Crippen LogP contribution in [0.3, 0.4) is 0 Å². The molecule has 2 heterocycles. The minimum atomic E-state index is 0.734. The van der Waals surface area contributed by atoms with Crippen LogP contribution in [0.15, 0.2) is 24.5 Å². The van der Waals surface area contributed by atoms with Crippen molar-refractivity contribution >= 4 is 5.82 Å². The number of pyridine rings is 1. The van der Waals surface area contributed by atoms with Crippen LogP contribution in [0.5, 0.6) is 0 Å². The maximum absolute atomic E-state index is 4.74. The van der Waals surface area contributed by atoms with E-state index < -0.39 is 0 Å². The van der Waals surface area contributed by atoms with Crippen LogP contribution in [0.2, 0.25) is 0 Å². The molecule has 0 fully saturated rings. The highest BCUT2D eigenvalue weighted by atomic mass is 15.2. The van der Waals surface area contributed by atoms with Crippen LogP contribution in [-0.2, 0) is 0 Å². The highest BCUT2D eigenvalue weighted by molar-refractivity contribution is 5.59. The second-order valence-corrected chi connectivity index (χ2v) is 5.55. The van der Waals surface area contributed by atoms with Gasteiger partial charge in [-0.25, -0.2) is 9.97 Å². The summed E-state index contributed by atoms with van der Waals surface area (Å²) >= 11 is 0. The van der Waals surface area contributed by atoms with Gasteiger partial charge in [0.2, 0.25) is 0 Å². The standard InChI is InChI=1S/C16H23N5/c1-12-13(2)18-15(14-7-6-8-17-11-14)19-16(12)21(5)10-9-20(3)4/h6-8,11H,9-10H2,1-5H3. The summed E-state index contributed by atoms with van der Waals surface area (Å²) in [5.74, 6) is 1.72. The van der Waals surface area contributed by atoms with Crippen molar-refractivity contribution in [3.05, 3.63) is 35.8 Å². The molecule has 0 aliphatic heterocycles. The van der Waals surface area contributed by atoms with Crippen LogP contribution in [-0.4, -0.2) is 54.1 Å². The van der Waals surface area contributed by atoms with Crippen molar-refractivity contribution in [1.29, 1.82) is 0 Å². The molecule has 0 aromatic carbocycles. The van der Waals surface area contributed by atoms with Crippen molar-refractivity contribution in [3.8, 4) is 11.4 Å². The monoisotopic (exact) mass is 285 g/mol. The fraction of sp³-hybridized carbons (Fsp3) is 0.438. The molecule has 0 unspecified atom stereocenters. The number of rotatable bonds is 5. The van der Waals surface area contributed by atoms with Crippen molar-refractivity contribution in [3.63, 3.8) is 0 Å². The Labute approximate surface area is 126 Å². The molecule has 5 nitrogen and oxygen atoms in total. The lowest BCUT2D eigenvalue weighted by Gasteiger charge is -2.23. The van der Waals surface area contributed by atoms with Gasteiger partial charge in [-0.05, 0) is 40.1 Å². The minimum Gasteiger partial charge on any atom is -0.358 e. The van der Waals surface area contributed by atoms with Gasteiger partial charge in [-0.1, -0.05) is 0 Å². The average molecular weight is 285 g/mol. The van der Waals surface area contributed by atoms with Crippen LogP contribution in [0.4, 0.5) is 5.82 Å². The second-order valence-electron chi connectivity index (χ2n) is 5.55. The number of hydrogen-bond acceptors (Lipinski definition) is 5. The van der Waals surface area contributed by atoms with Crippen molar-refractivity contribution in [1.82, 2.24) is 19.9 Å². The number of aryl methyl sites for hydroxylation is 1. The van der Waals surface area contributed by atoms with Gasteiger partial charge in [0.15, 0.2) is 5.82 Å². The fourth-order valence-electron chi connectivity index (χ4n) is 2.07. The largest absolute Gasteiger partial charge is 0.358 e. The SMILES string of the molecule is Cc1nc(-c2cccnc2)nc(N(C)CCN(C)C)c1C. The van der Waals surface area contributed by atoms with Gasteiger partial charge in [0.25, 0.3) is 0 Å². The zero-order chi connectivity index (χ0) is 15.4. The molecule has 0 atom stereocenters. The number of hydrogen-bond donors (Lipinski definition) is 0. The van der Waals surface area contributed by atoms with E-state index in [1.807, 2.05) is 19.1 Å². The molecule has 0 spiro atoms. The first-order valence-corrected chi connectivity index (χ1v) is 7.10. The molecule has 2 aromatic heterocycles. The Hall–Kier alpha value is -2.01. The molecule has 0 N–H and O–H groups in total. The van der Waals surface area contributed by atoms with Crippen LogP contribution in [0.1, 0.15) is 11.3 Å². The van der Waals surface area contributed by atoms with Gasteiger partial charge in [0.05, 0.1) is 0 Å². The predicted octanol–water partition coefficient (Wildman–Crippen LogP) is 2.15. The van der Waals surface area contributed by atoms with Crippen LogP contribution >= 0.6 is 0 Å². The smallest absolute Gasteiger partial charge is 0.163 e. The van der Waals surface area contributed by atoms with E-state index in [4.69, 9.17) is 4.98 Å². The van der Waals surface area contributed by atoms with Gasteiger partial charge in [0.1, 0.15) is 5.82 Å². The Morgan fingerprint density at radius 1 is 1.05 bits per heavy atom. The summed E-state index contributed by atoms with van der Waals surface area (Å²) in [4.78, 5) is 17.8. The molecule has 2 rings (SSSR count). The average Bonchev–Trinajstić information content (AvgIpc) is 2.48. The van der Waals surface area contributed by atoms with Crippen LogP contribution in [0, 0.1) is 13.8 Å². The first kappa shape index (κ1) is 15.4. The minimum absolute atomic E-state index is 0.734. The van der Waals surface area contributed by atoms with E-state index in [2.05, 4.69) is 47.8 Å². The van der Waals surface area contributed by atoms with Gasteiger partial charge < -0.3 is 9.80 Å². The van der Waals surface area contributed by atoms with Gasteiger partial charge in [-0.3, -0.25) is 4.98 Å². The van der Waals surface area contributed by atoms with Gasteiger partial charge in [0, 0.05) is 49.4 Å². The van der Waals surface area contributed by atoms with E-state index in [1.165, 1.54) is 0 Å². The van der Waals surface area contributed by atoms with Gasteiger partial charge in [-0.15, -0.1) is 0 Å². The van der Waals surface area contributed by atoms with Crippen LogP contribution < -0.4 is 4.90 Å². The topological polar surface area (TPSA) is 45.2 Å². The van der Waals surface area contributed by atoms with Crippen molar-refractivity contribution in [2.24, 2.45) is 0 Å². The molecule has 5 heteroatoms. The van der Waals surface area contributed by atoms with Gasteiger partial charge >= 0.3 is 0 Å². The summed E-state index contributed by atoms with van der Waals surface area (Å²) in [6.07, 6.45) is 3.56. The molecule has 2 aromatic rings. The molecular weight excluding hydrogens is 262 g/mol. The lowest BCUT2D eigenvalue weighted by atomic mass is 10.2. The molecule has 21 heavy (non-hydrogen) atoms. The zero-order valence-electron chi connectivity index (χ0n) is 13.5. The van der Waals surface area contributed by atoms with E-state index in [9.17, 15) is 0 Å². The van der Waals surface area contributed by atoms with Crippen molar-refractivity contribution in [2.75, 3.05) is 39.1 Å². The molecule has 0 aliphatic carbocycles. The maximum Gasteiger partial charge on any atom is 0.163 e. The molecule has 0 saturated carbocycles.